The van der Waals surface area contributed by atoms with Crippen LogP contribution in [0.4, 0.5) is 0 Å². The van der Waals surface area contributed by atoms with Crippen LogP contribution in [-0.4, -0.2) is 54.7 Å². The third-order valence-electron chi connectivity index (χ3n) is 3.49. The zero-order valence-electron chi connectivity index (χ0n) is 12.4. The van der Waals surface area contributed by atoms with Crippen molar-refractivity contribution in [1.29, 1.82) is 0 Å². The molecular weight excluding hydrogens is 401 g/mol. The molecule has 0 amide bonds. The van der Waals surface area contributed by atoms with Gasteiger partial charge in [0.25, 0.3) is 0 Å². The summed E-state index contributed by atoms with van der Waals surface area (Å²) in [6.45, 7) is 4.46. The maximum atomic E-state index is 8.22. The molecule has 0 N–H and O–H groups in total. The van der Waals surface area contributed by atoms with Gasteiger partial charge < -0.3 is 40.8 Å². The van der Waals surface area contributed by atoms with Gasteiger partial charge in [0, 0.05) is 6.54 Å². The number of nitrogens with zero attached hydrogens (tertiary/aromatic N) is 3. The van der Waals surface area contributed by atoms with Gasteiger partial charge in [0.05, 0.1) is 0 Å². The van der Waals surface area contributed by atoms with Crippen LogP contribution in [-0.2, 0) is 54.2 Å². The predicted octanol–water partition coefficient (Wildman–Crippen LogP) is 1.96. The van der Waals surface area contributed by atoms with E-state index in [1.807, 2.05) is 0 Å². The van der Waals surface area contributed by atoms with Crippen LogP contribution in [0.25, 0.3) is 10.6 Å². The van der Waals surface area contributed by atoms with Crippen molar-refractivity contribution in [2.45, 2.75) is 18.6 Å². The Bertz CT molecular complexity index is 384. The van der Waals surface area contributed by atoms with Crippen LogP contribution in [0.1, 0.15) is 5.56 Å². The molecule has 1 aliphatic heterocycles. The quantitative estimate of drug-likeness (QED) is 0.601. The molecule has 0 bridgehead atoms. The van der Waals surface area contributed by atoms with Crippen molar-refractivity contribution in [3.8, 4) is 0 Å². The largest absolute Gasteiger partial charge is 0.794 e. The first-order chi connectivity index (χ1) is 10.8. The van der Waals surface area contributed by atoms with E-state index >= 15 is 0 Å². The minimum atomic E-state index is 0.295. The second-order valence-electron chi connectivity index (χ2n) is 5.03. The molecule has 0 aliphatic carbocycles. The molecule has 1 fully saturated rings. The molecule has 0 unspecified atom stereocenters. The fourth-order valence-corrected chi connectivity index (χ4v) is 2.82. The average molecular weight is 422 g/mol. The van der Waals surface area contributed by atoms with Gasteiger partial charge in [-0.25, -0.2) is 0 Å². The maximum Gasteiger partial charge on any atom is 0.0232 e. The van der Waals surface area contributed by atoms with Gasteiger partial charge in [0.2, 0.25) is 0 Å². The maximum absolute atomic E-state index is 8.22. The second kappa shape index (κ2) is 12.6. The molecule has 1 heterocycles. The monoisotopic (exact) mass is 422 g/mol. The number of hydrogen-bond donors (Lipinski definition) is 0. The SMILES string of the molecule is [O]=[99Tc+4].[S-]CC[N-][C@H]1CN(Cc2ccccc2)C[C@H]1[N-]CC[S-]. The van der Waals surface area contributed by atoms with Crippen LogP contribution >= 0.6 is 0 Å². The molecule has 1 aromatic carbocycles. The van der Waals surface area contributed by atoms with Crippen LogP contribution in [0.3, 0.4) is 0 Å². The summed E-state index contributed by atoms with van der Waals surface area (Å²) in [5.41, 5.74) is 1.35. The zero-order valence-corrected chi connectivity index (χ0v) is 15.9. The van der Waals surface area contributed by atoms with Gasteiger partial charge in [-0.1, -0.05) is 30.3 Å². The van der Waals surface area contributed by atoms with Crippen LogP contribution < -0.4 is 0 Å². The number of rotatable bonds is 8. The first-order valence-corrected chi connectivity index (χ1v) is 9.16. The third-order valence-corrected chi connectivity index (χ3v) is 3.86. The van der Waals surface area contributed by atoms with Gasteiger partial charge in [0.1, 0.15) is 0 Å². The Morgan fingerprint density at radius 1 is 1.00 bits per heavy atom. The van der Waals surface area contributed by atoms with Gasteiger partial charge in [-0.3, -0.25) is 0 Å². The average Bonchev–Trinajstić information content (AvgIpc) is 2.95. The van der Waals surface area contributed by atoms with E-state index in [0.29, 0.717) is 23.6 Å². The molecule has 2 rings (SSSR count). The van der Waals surface area contributed by atoms with E-state index in [4.69, 9.17) is 39.4 Å². The van der Waals surface area contributed by atoms with Crippen LogP contribution in [0.5, 0.6) is 0 Å². The van der Waals surface area contributed by atoms with Crippen molar-refractivity contribution in [1.82, 2.24) is 4.90 Å². The molecule has 2 atom stereocenters. The zero-order chi connectivity index (χ0) is 16.2. The Labute approximate surface area is 155 Å². The molecule has 1 aliphatic rings. The molecule has 1 aromatic rings. The van der Waals surface area contributed by atoms with E-state index < -0.39 is 0 Å². The molecule has 0 aromatic heterocycles. The second-order valence-corrected chi connectivity index (χ2v) is 5.85. The summed E-state index contributed by atoms with van der Waals surface area (Å²) in [6.07, 6.45) is 0. The Morgan fingerprint density at radius 2 is 1.50 bits per heavy atom. The van der Waals surface area contributed by atoms with Crippen LogP contribution in [0, 0.1) is 0 Å². The van der Waals surface area contributed by atoms with Crippen LogP contribution in [0.15, 0.2) is 30.3 Å². The Kier molecular flexibility index (Phi) is 11.7. The van der Waals surface area contributed by atoms with Gasteiger partial charge >= 0.3 is 22.4 Å². The van der Waals surface area contributed by atoms with Crippen molar-refractivity contribution in [3.63, 3.8) is 0 Å². The van der Waals surface area contributed by atoms with Crippen molar-refractivity contribution in [2.75, 3.05) is 37.7 Å². The summed E-state index contributed by atoms with van der Waals surface area (Å²) < 4.78 is 8.22. The van der Waals surface area contributed by atoms with Crippen molar-refractivity contribution >= 4 is 25.3 Å². The molecular formula is C15H21N3OS2Tc. The number of likely N-dealkylation sites (tertiary alicyclic amines) is 1. The summed E-state index contributed by atoms with van der Waals surface area (Å²) in [5.74, 6) is 1.39. The van der Waals surface area contributed by atoms with Crippen molar-refractivity contribution in [3.05, 3.63) is 46.5 Å². The summed E-state index contributed by atoms with van der Waals surface area (Å²) >= 11 is 10.9. The van der Waals surface area contributed by atoms with E-state index in [1.54, 1.807) is 0 Å². The normalized spacial score (nSPS) is 21.5. The van der Waals surface area contributed by atoms with E-state index in [-0.39, 0.29) is 0 Å². The van der Waals surface area contributed by atoms with E-state index in [0.717, 1.165) is 51.6 Å². The first-order valence-electron chi connectivity index (χ1n) is 7.24. The van der Waals surface area contributed by atoms with Gasteiger partial charge in [0.15, 0.2) is 0 Å². The molecule has 0 spiro atoms. The first kappa shape index (κ1) is 20.3. The Balaban J connectivity index is 0.00000116. The van der Waals surface area contributed by atoms with Gasteiger partial charge in [-0.2, -0.15) is 24.6 Å². The summed E-state index contributed by atoms with van der Waals surface area (Å²) in [4.78, 5) is 2.43. The minimum absolute atomic E-state index is 0.295. The number of benzene rings is 1. The predicted molar refractivity (Wildman–Crippen MR) is 90.9 cm³/mol. The van der Waals surface area contributed by atoms with Gasteiger partial charge in [-0.05, 0) is 18.7 Å². The van der Waals surface area contributed by atoms with Crippen molar-refractivity contribution < 1.29 is 22.4 Å². The fourth-order valence-electron chi connectivity index (χ4n) is 2.61. The fraction of sp³-hybridized carbons (Fsp3) is 0.600. The van der Waals surface area contributed by atoms with E-state index in [1.165, 1.54) is 5.56 Å². The Morgan fingerprint density at radius 3 is 1.95 bits per heavy atom. The standard InChI is InChI=1S/C15H23N3S2.O.Tc/c19-8-6-16-14-11-18(12-15(14)17-7-9-20)10-13-4-2-1-3-5-13;;/h1-5,14-15,19-20H,6-12H2;;/q-2;;+4/p-2/t14-,15+;;/i;;1+1. The summed E-state index contributed by atoms with van der Waals surface area (Å²) in [5, 5.41) is 9.39. The minimum Gasteiger partial charge on any atom is -0.794 e. The van der Waals surface area contributed by atoms with E-state index in [2.05, 4.69) is 35.2 Å². The van der Waals surface area contributed by atoms with Gasteiger partial charge in [-0.15, -0.1) is 12.1 Å². The number of hydrogen-bond acceptors (Lipinski definition) is 4. The molecule has 22 heavy (non-hydrogen) atoms. The molecule has 0 saturated carbocycles. The molecule has 121 valence electrons. The summed E-state index contributed by atoms with van der Waals surface area (Å²) in [6, 6.07) is 11.2. The third kappa shape index (κ3) is 7.21. The topological polar surface area (TPSA) is 48.5 Å². The summed E-state index contributed by atoms with van der Waals surface area (Å²) in [7, 11) is 0. The Hall–Kier alpha value is 0.249. The molecule has 7 heteroatoms. The van der Waals surface area contributed by atoms with Crippen molar-refractivity contribution in [2.24, 2.45) is 0 Å². The molecule has 0 radical (unpaired) electrons. The smallest absolute Gasteiger partial charge is 0.0232 e. The molecule has 1 saturated heterocycles. The van der Waals surface area contributed by atoms with E-state index in [9.17, 15) is 0 Å². The molecule has 4 nitrogen and oxygen atoms in total. The van der Waals surface area contributed by atoms with Crippen LogP contribution in [0.2, 0.25) is 0 Å².